The average molecular weight is 225 g/mol. The molecule has 0 aromatic heterocycles. The molecular weight excluding hydrogens is 206 g/mol. The van der Waals surface area contributed by atoms with Gasteiger partial charge in [-0.1, -0.05) is 12.0 Å². The number of carbonyl (C=O) groups is 2. The maximum absolute atomic E-state index is 11.5. The summed E-state index contributed by atoms with van der Waals surface area (Å²) < 4.78 is 0. The van der Waals surface area contributed by atoms with Crippen molar-refractivity contribution in [1.29, 1.82) is 0 Å². The van der Waals surface area contributed by atoms with Gasteiger partial charge < -0.3 is 10.4 Å². The SMILES string of the molecule is CC(C)=CC(=O)NC1CCCC(C(=O)O)C1. The molecule has 1 amide bonds. The summed E-state index contributed by atoms with van der Waals surface area (Å²) in [6, 6.07) is 0.0120. The third kappa shape index (κ3) is 4.04. The predicted molar refractivity (Wildman–Crippen MR) is 61.0 cm³/mol. The number of allylic oxidation sites excluding steroid dienone is 1. The van der Waals surface area contributed by atoms with Gasteiger partial charge in [-0.05, 0) is 33.1 Å². The highest BCUT2D eigenvalue weighted by atomic mass is 16.4. The van der Waals surface area contributed by atoms with E-state index in [9.17, 15) is 9.59 Å². The zero-order valence-corrected chi connectivity index (χ0v) is 9.82. The molecule has 4 nitrogen and oxygen atoms in total. The van der Waals surface area contributed by atoms with Crippen LogP contribution in [0.15, 0.2) is 11.6 Å². The second-order valence-corrected chi connectivity index (χ2v) is 4.63. The van der Waals surface area contributed by atoms with E-state index >= 15 is 0 Å². The van der Waals surface area contributed by atoms with E-state index in [4.69, 9.17) is 5.11 Å². The number of carbonyl (C=O) groups excluding carboxylic acids is 1. The van der Waals surface area contributed by atoms with Crippen molar-refractivity contribution >= 4 is 11.9 Å². The number of amides is 1. The van der Waals surface area contributed by atoms with Gasteiger partial charge in [0, 0.05) is 12.1 Å². The summed E-state index contributed by atoms with van der Waals surface area (Å²) in [5.74, 6) is -1.16. The zero-order chi connectivity index (χ0) is 12.1. The normalized spacial score (nSPS) is 24.6. The number of rotatable bonds is 3. The summed E-state index contributed by atoms with van der Waals surface area (Å²) in [4.78, 5) is 22.3. The van der Waals surface area contributed by atoms with Gasteiger partial charge in [-0.25, -0.2) is 0 Å². The fourth-order valence-electron chi connectivity index (χ4n) is 2.05. The van der Waals surface area contributed by atoms with Crippen LogP contribution >= 0.6 is 0 Å². The molecule has 0 bridgehead atoms. The van der Waals surface area contributed by atoms with Gasteiger partial charge in [0.15, 0.2) is 0 Å². The van der Waals surface area contributed by atoms with Crippen LogP contribution in [-0.2, 0) is 9.59 Å². The first-order valence-corrected chi connectivity index (χ1v) is 5.67. The van der Waals surface area contributed by atoms with Crippen molar-refractivity contribution in [3.63, 3.8) is 0 Å². The minimum atomic E-state index is -0.749. The molecule has 1 saturated carbocycles. The standard InChI is InChI=1S/C12H19NO3/c1-8(2)6-11(14)13-10-5-3-4-9(7-10)12(15)16/h6,9-10H,3-5,7H2,1-2H3,(H,13,14)(H,15,16). The van der Waals surface area contributed by atoms with Crippen LogP contribution in [0.2, 0.25) is 0 Å². The molecule has 90 valence electrons. The number of nitrogens with one attached hydrogen (secondary N) is 1. The second kappa shape index (κ2) is 5.68. The van der Waals surface area contributed by atoms with Crippen LogP contribution in [0.3, 0.4) is 0 Å². The van der Waals surface area contributed by atoms with Crippen molar-refractivity contribution in [2.75, 3.05) is 0 Å². The Morgan fingerprint density at radius 3 is 2.56 bits per heavy atom. The molecule has 0 spiro atoms. The zero-order valence-electron chi connectivity index (χ0n) is 9.82. The van der Waals surface area contributed by atoms with Crippen molar-refractivity contribution in [1.82, 2.24) is 5.32 Å². The minimum Gasteiger partial charge on any atom is -0.481 e. The Bertz CT molecular complexity index is 305. The molecule has 0 aliphatic heterocycles. The summed E-state index contributed by atoms with van der Waals surface area (Å²) in [5.41, 5.74) is 0.947. The van der Waals surface area contributed by atoms with Crippen LogP contribution in [0.25, 0.3) is 0 Å². The lowest BCUT2D eigenvalue weighted by Crippen LogP contribution is -2.39. The van der Waals surface area contributed by atoms with E-state index in [0.29, 0.717) is 6.42 Å². The Morgan fingerprint density at radius 2 is 2.00 bits per heavy atom. The quantitative estimate of drug-likeness (QED) is 0.718. The highest BCUT2D eigenvalue weighted by Gasteiger charge is 2.27. The van der Waals surface area contributed by atoms with Gasteiger partial charge in [0.2, 0.25) is 5.91 Å². The van der Waals surface area contributed by atoms with E-state index in [0.717, 1.165) is 24.8 Å². The molecule has 1 fully saturated rings. The minimum absolute atomic E-state index is 0.0120. The largest absolute Gasteiger partial charge is 0.481 e. The van der Waals surface area contributed by atoms with E-state index in [1.165, 1.54) is 0 Å². The molecule has 2 unspecified atom stereocenters. The van der Waals surface area contributed by atoms with Crippen molar-refractivity contribution in [3.8, 4) is 0 Å². The Labute approximate surface area is 95.7 Å². The van der Waals surface area contributed by atoms with E-state index in [1.54, 1.807) is 6.08 Å². The van der Waals surface area contributed by atoms with Gasteiger partial charge in [-0.15, -0.1) is 0 Å². The summed E-state index contributed by atoms with van der Waals surface area (Å²) in [7, 11) is 0. The Hall–Kier alpha value is -1.32. The summed E-state index contributed by atoms with van der Waals surface area (Å²) >= 11 is 0. The average Bonchev–Trinajstić information content (AvgIpc) is 2.16. The molecule has 16 heavy (non-hydrogen) atoms. The topological polar surface area (TPSA) is 66.4 Å². The Morgan fingerprint density at radius 1 is 1.31 bits per heavy atom. The van der Waals surface area contributed by atoms with Gasteiger partial charge in [-0.2, -0.15) is 0 Å². The monoisotopic (exact) mass is 225 g/mol. The molecule has 1 aliphatic rings. The van der Waals surface area contributed by atoms with E-state index in [1.807, 2.05) is 13.8 Å². The van der Waals surface area contributed by atoms with Gasteiger partial charge in [0.25, 0.3) is 0 Å². The van der Waals surface area contributed by atoms with Gasteiger partial charge in [0.1, 0.15) is 0 Å². The summed E-state index contributed by atoms with van der Waals surface area (Å²) in [6.07, 6.45) is 4.58. The van der Waals surface area contributed by atoms with Crippen molar-refractivity contribution < 1.29 is 14.7 Å². The van der Waals surface area contributed by atoms with Crippen LogP contribution in [0.5, 0.6) is 0 Å². The molecule has 4 heteroatoms. The molecule has 2 atom stereocenters. The predicted octanol–water partition coefficient (Wildman–Crippen LogP) is 1.71. The molecule has 0 aromatic rings. The Kier molecular flexibility index (Phi) is 4.52. The molecule has 0 radical (unpaired) electrons. The number of aliphatic carboxylic acids is 1. The molecule has 0 saturated heterocycles. The number of carboxylic acid groups (broad SMARTS) is 1. The van der Waals surface area contributed by atoms with Gasteiger partial charge >= 0.3 is 5.97 Å². The fraction of sp³-hybridized carbons (Fsp3) is 0.667. The molecule has 1 rings (SSSR count). The molecular formula is C12H19NO3. The van der Waals surface area contributed by atoms with Crippen LogP contribution in [0, 0.1) is 5.92 Å². The third-order valence-corrected chi connectivity index (χ3v) is 2.79. The van der Waals surface area contributed by atoms with Gasteiger partial charge in [0.05, 0.1) is 5.92 Å². The lowest BCUT2D eigenvalue weighted by atomic mass is 9.86. The molecule has 2 N–H and O–H groups in total. The highest BCUT2D eigenvalue weighted by molar-refractivity contribution is 5.88. The van der Waals surface area contributed by atoms with Crippen molar-refractivity contribution in [3.05, 3.63) is 11.6 Å². The first-order chi connectivity index (χ1) is 7.49. The van der Waals surface area contributed by atoms with Gasteiger partial charge in [-0.3, -0.25) is 9.59 Å². The fourth-order valence-corrected chi connectivity index (χ4v) is 2.05. The lowest BCUT2D eigenvalue weighted by molar-refractivity contribution is -0.143. The van der Waals surface area contributed by atoms with Crippen LogP contribution in [0.1, 0.15) is 39.5 Å². The molecule has 0 aromatic carbocycles. The lowest BCUT2D eigenvalue weighted by Gasteiger charge is -2.26. The second-order valence-electron chi connectivity index (χ2n) is 4.63. The van der Waals surface area contributed by atoms with Crippen LogP contribution in [0.4, 0.5) is 0 Å². The highest BCUT2D eigenvalue weighted by Crippen LogP contribution is 2.24. The molecule has 1 aliphatic carbocycles. The van der Waals surface area contributed by atoms with Crippen molar-refractivity contribution in [2.24, 2.45) is 5.92 Å². The van der Waals surface area contributed by atoms with E-state index in [-0.39, 0.29) is 17.9 Å². The third-order valence-electron chi connectivity index (χ3n) is 2.79. The van der Waals surface area contributed by atoms with E-state index < -0.39 is 5.97 Å². The number of hydrogen-bond acceptors (Lipinski definition) is 2. The summed E-state index contributed by atoms with van der Waals surface area (Å²) in [6.45, 7) is 3.72. The first-order valence-electron chi connectivity index (χ1n) is 5.67. The molecule has 0 heterocycles. The summed E-state index contributed by atoms with van der Waals surface area (Å²) in [5, 5.41) is 11.8. The maximum Gasteiger partial charge on any atom is 0.306 e. The smallest absolute Gasteiger partial charge is 0.306 e. The first kappa shape index (κ1) is 12.7. The number of hydrogen-bond donors (Lipinski definition) is 2. The van der Waals surface area contributed by atoms with Crippen molar-refractivity contribution in [2.45, 2.75) is 45.6 Å². The van der Waals surface area contributed by atoms with Crippen LogP contribution in [-0.4, -0.2) is 23.0 Å². The Balaban J connectivity index is 2.46. The maximum atomic E-state index is 11.5. The van der Waals surface area contributed by atoms with E-state index in [2.05, 4.69) is 5.32 Å². The number of carboxylic acids is 1. The van der Waals surface area contributed by atoms with Crippen LogP contribution < -0.4 is 5.32 Å².